The summed E-state index contributed by atoms with van der Waals surface area (Å²) < 4.78 is 7.03. The fourth-order valence-electron chi connectivity index (χ4n) is 1.36. The van der Waals surface area contributed by atoms with Crippen LogP contribution in [0.2, 0.25) is 0 Å². The Morgan fingerprint density at radius 1 is 1.61 bits per heavy atom. The minimum atomic E-state index is -1.03. The molecule has 1 aromatic heterocycles. The Labute approximate surface area is 106 Å². The third-order valence-corrected chi connectivity index (χ3v) is 2.44. The number of hydrogen-bond acceptors (Lipinski definition) is 5. The van der Waals surface area contributed by atoms with Gasteiger partial charge in [0, 0.05) is 19.2 Å². The Morgan fingerprint density at radius 3 is 3.06 bits per heavy atom. The summed E-state index contributed by atoms with van der Waals surface area (Å²) in [5.74, 6) is -1.03. The zero-order chi connectivity index (χ0) is 13.4. The summed E-state index contributed by atoms with van der Waals surface area (Å²) in [5, 5.41) is 16.4. The predicted octanol–water partition coefficient (Wildman–Crippen LogP) is 0.0492. The second kappa shape index (κ2) is 7.78. The molecule has 0 aromatic carbocycles. The minimum Gasteiger partial charge on any atom is -0.480 e. The highest BCUT2D eigenvalue weighted by atomic mass is 16.5. The summed E-state index contributed by atoms with van der Waals surface area (Å²) in [6.07, 6.45) is 4.05. The SMILES string of the molecule is CCCCOCCn1cc(CC(N)C(=O)O)nn1. The van der Waals surface area contributed by atoms with Crippen LogP contribution in [0.3, 0.4) is 0 Å². The summed E-state index contributed by atoms with van der Waals surface area (Å²) in [6.45, 7) is 4.05. The van der Waals surface area contributed by atoms with Gasteiger partial charge in [-0.25, -0.2) is 4.68 Å². The van der Waals surface area contributed by atoms with Crippen molar-refractivity contribution in [2.24, 2.45) is 5.73 Å². The van der Waals surface area contributed by atoms with E-state index in [4.69, 9.17) is 15.6 Å². The van der Waals surface area contributed by atoms with Gasteiger partial charge in [-0.1, -0.05) is 18.6 Å². The molecule has 0 radical (unpaired) electrons. The van der Waals surface area contributed by atoms with Gasteiger partial charge in [0.1, 0.15) is 6.04 Å². The van der Waals surface area contributed by atoms with Crippen molar-refractivity contribution in [3.8, 4) is 0 Å². The predicted molar refractivity (Wildman–Crippen MR) is 65.1 cm³/mol. The van der Waals surface area contributed by atoms with Gasteiger partial charge < -0.3 is 15.6 Å². The van der Waals surface area contributed by atoms with Crippen LogP contribution in [-0.2, 0) is 22.5 Å². The van der Waals surface area contributed by atoms with E-state index in [9.17, 15) is 4.79 Å². The quantitative estimate of drug-likeness (QED) is 0.605. The number of nitrogens with zero attached hydrogens (tertiary/aromatic N) is 3. The van der Waals surface area contributed by atoms with E-state index in [0.29, 0.717) is 18.8 Å². The van der Waals surface area contributed by atoms with Crippen molar-refractivity contribution in [3.63, 3.8) is 0 Å². The van der Waals surface area contributed by atoms with Gasteiger partial charge in [0.25, 0.3) is 0 Å². The Hall–Kier alpha value is -1.47. The first-order chi connectivity index (χ1) is 8.63. The first kappa shape index (κ1) is 14.6. The van der Waals surface area contributed by atoms with E-state index in [2.05, 4.69) is 17.2 Å². The smallest absolute Gasteiger partial charge is 0.320 e. The van der Waals surface area contributed by atoms with Crippen LogP contribution in [-0.4, -0.2) is 45.3 Å². The van der Waals surface area contributed by atoms with Crippen LogP contribution in [0.25, 0.3) is 0 Å². The van der Waals surface area contributed by atoms with Gasteiger partial charge in [-0.05, 0) is 6.42 Å². The molecule has 0 bridgehead atoms. The van der Waals surface area contributed by atoms with Gasteiger partial charge in [0.2, 0.25) is 0 Å². The van der Waals surface area contributed by atoms with Gasteiger partial charge in [-0.3, -0.25) is 4.79 Å². The van der Waals surface area contributed by atoms with Crippen LogP contribution in [0, 0.1) is 0 Å². The standard InChI is InChI=1S/C11H20N4O3/c1-2-3-5-18-6-4-15-8-9(13-14-15)7-10(12)11(16)17/h8,10H,2-7,12H2,1H3,(H,16,17). The molecule has 7 heteroatoms. The number of carbonyl (C=O) groups is 1. The van der Waals surface area contributed by atoms with Crippen LogP contribution in [0.1, 0.15) is 25.5 Å². The Balaban J connectivity index is 2.28. The van der Waals surface area contributed by atoms with Crippen molar-refractivity contribution < 1.29 is 14.6 Å². The third kappa shape index (κ3) is 5.24. The number of aliphatic carboxylic acids is 1. The zero-order valence-electron chi connectivity index (χ0n) is 10.6. The lowest BCUT2D eigenvalue weighted by Gasteiger charge is -2.03. The maximum Gasteiger partial charge on any atom is 0.320 e. The maximum absolute atomic E-state index is 10.6. The molecule has 0 spiro atoms. The molecule has 1 atom stereocenters. The third-order valence-electron chi connectivity index (χ3n) is 2.44. The lowest BCUT2D eigenvalue weighted by Crippen LogP contribution is -2.32. The molecule has 0 aliphatic rings. The van der Waals surface area contributed by atoms with E-state index < -0.39 is 12.0 Å². The second-order valence-electron chi connectivity index (χ2n) is 4.09. The van der Waals surface area contributed by atoms with Crippen LogP contribution in [0.5, 0.6) is 0 Å². The first-order valence-electron chi connectivity index (χ1n) is 6.08. The molecular formula is C11H20N4O3. The second-order valence-corrected chi connectivity index (χ2v) is 4.09. The topological polar surface area (TPSA) is 103 Å². The summed E-state index contributed by atoms with van der Waals surface area (Å²) in [4.78, 5) is 10.6. The van der Waals surface area contributed by atoms with Crippen LogP contribution in [0.4, 0.5) is 0 Å². The molecule has 0 amide bonds. The minimum absolute atomic E-state index is 0.187. The molecular weight excluding hydrogens is 236 g/mol. The van der Waals surface area contributed by atoms with Crippen molar-refractivity contribution in [2.75, 3.05) is 13.2 Å². The number of carboxylic acid groups (broad SMARTS) is 1. The van der Waals surface area contributed by atoms with Crippen LogP contribution >= 0.6 is 0 Å². The number of hydrogen-bond donors (Lipinski definition) is 2. The highest BCUT2D eigenvalue weighted by Gasteiger charge is 2.14. The molecule has 18 heavy (non-hydrogen) atoms. The zero-order valence-corrected chi connectivity index (χ0v) is 10.6. The van der Waals surface area contributed by atoms with Gasteiger partial charge in [-0.15, -0.1) is 5.10 Å². The molecule has 1 rings (SSSR count). The summed E-state index contributed by atoms with van der Waals surface area (Å²) in [5.41, 5.74) is 5.99. The largest absolute Gasteiger partial charge is 0.480 e. The Kier molecular flexibility index (Phi) is 6.31. The monoisotopic (exact) mass is 256 g/mol. The van der Waals surface area contributed by atoms with Crippen molar-refractivity contribution in [1.29, 1.82) is 0 Å². The molecule has 3 N–H and O–H groups in total. The summed E-state index contributed by atoms with van der Waals surface area (Å²) in [6, 6.07) is -0.934. The van der Waals surface area contributed by atoms with E-state index in [0.717, 1.165) is 19.4 Å². The van der Waals surface area contributed by atoms with E-state index in [1.54, 1.807) is 10.9 Å². The molecule has 7 nitrogen and oxygen atoms in total. The average Bonchev–Trinajstić information content (AvgIpc) is 2.76. The lowest BCUT2D eigenvalue weighted by atomic mass is 10.2. The van der Waals surface area contributed by atoms with Gasteiger partial charge in [0.15, 0.2) is 0 Å². The first-order valence-corrected chi connectivity index (χ1v) is 6.08. The molecule has 0 fully saturated rings. The van der Waals surface area contributed by atoms with E-state index in [1.165, 1.54) is 0 Å². The molecule has 0 saturated heterocycles. The van der Waals surface area contributed by atoms with Gasteiger partial charge in [0.05, 0.1) is 18.8 Å². The maximum atomic E-state index is 10.6. The number of unbranched alkanes of at least 4 members (excludes halogenated alkanes) is 1. The van der Waals surface area contributed by atoms with Gasteiger partial charge in [-0.2, -0.15) is 0 Å². The fourth-order valence-corrected chi connectivity index (χ4v) is 1.36. The summed E-state index contributed by atoms with van der Waals surface area (Å²) in [7, 11) is 0. The molecule has 0 aliphatic carbocycles. The number of carboxylic acids is 1. The lowest BCUT2D eigenvalue weighted by molar-refractivity contribution is -0.138. The van der Waals surface area contributed by atoms with Crippen molar-refractivity contribution >= 4 is 5.97 Å². The Morgan fingerprint density at radius 2 is 2.39 bits per heavy atom. The highest BCUT2D eigenvalue weighted by molar-refractivity contribution is 5.73. The van der Waals surface area contributed by atoms with Crippen LogP contribution < -0.4 is 5.73 Å². The molecule has 1 unspecified atom stereocenters. The molecule has 1 heterocycles. The highest BCUT2D eigenvalue weighted by Crippen LogP contribution is 1.98. The van der Waals surface area contributed by atoms with E-state index in [-0.39, 0.29) is 6.42 Å². The molecule has 0 aliphatic heterocycles. The van der Waals surface area contributed by atoms with E-state index in [1.807, 2.05) is 0 Å². The number of rotatable bonds is 9. The molecule has 0 saturated carbocycles. The van der Waals surface area contributed by atoms with Crippen molar-refractivity contribution in [1.82, 2.24) is 15.0 Å². The summed E-state index contributed by atoms with van der Waals surface area (Å²) >= 11 is 0. The normalized spacial score (nSPS) is 12.6. The average molecular weight is 256 g/mol. The number of nitrogens with two attached hydrogens (primary N) is 1. The Bertz CT molecular complexity index is 367. The van der Waals surface area contributed by atoms with Crippen molar-refractivity contribution in [2.45, 2.75) is 38.8 Å². The fraction of sp³-hybridized carbons (Fsp3) is 0.727. The van der Waals surface area contributed by atoms with E-state index >= 15 is 0 Å². The number of ether oxygens (including phenoxy) is 1. The number of aromatic nitrogens is 3. The van der Waals surface area contributed by atoms with Crippen molar-refractivity contribution in [3.05, 3.63) is 11.9 Å². The molecule has 102 valence electrons. The van der Waals surface area contributed by atoms with Gasteiger partial charge >= 0.3 is 5.97 Å². The van der Waals surface area contributed by atoms with Crippen LogP contribution in [0.15, 0.2) is 6.20 Å². The molecule has 1 aromatic rings.